The van der Waals surface area contributed by atoms with Gasteiger partial charge in [-0.1, -0.05) is 30.3 Å². The fourth-order valence-electron chi connectivity index (χ4n) is 4.14. The minimum atomic E-state index is 0.398. The van der Waals surface area contributed by atoms with Gasteiger partial charge in [0, 0.05) is 20.2 Å². The lowest BCUT2D eigenvalue weighted by atomic mass is 9.74. The molecular weight excluding hydrogens is 260 g/mol. The number of nitrogens with one attached hydrogen (secondary N) is 1. The summed E-state index contributed by atoms with van der Waals surface area (Å²) in [7, 11) is 1.82. The van der Waals surface area contributed by atoms with Crippen LogP contribution in [0.4, 0.5) is 0 Å². The molecule has 3 heteroatoms. The first kappa shape index (κ1) is 15.0. The van der Waals surface area contributed by atoms with Gasteiger partial charge in [0.15, 0.2) is 0 Å². The van der Waals surface area contributed by atoms with Gasteiger partial charge in [-0.3, -0.25) is 4.90 Å². The minimum Gasteiger partial charge on any atom is -0.383 e. The molecule has 2 heterocycles. The van der Waals surface area contributed by atoms with E-state index in [9.17, 15) is 0 Å². The molecule has 2 atom stereocenters. The summed E-state index contributed by atoms with van der Waals surface area (Å²) in [5, 5.41) is 3.62. The Kier molecular flexibility index (Phi) is 4.94. The Morgan fingerprint density at radius 2 is 2.05 bits per heavy atom. The maximum Gasteiger partial charge on any atom is 0.0659 e. The fourth-order valence-corrected chi connectivity index (χ4v) is 4.14. The molecule has 1 N–H and O–H groups in total. The second-order valence-electron chi connectivity index (χ2n) is 6.74. The van der Waals surface area contributed by atoms with Crippen LogP contribution in [-0.4, -0.2) is 44.8 Å². The molecule has 2 fully saturated rings. The molecular formula is C18H28N2O. The molecule has 0 aliphatic carbocycles. The Labute approximate surface area is 128 Å². The molecule has 0 aromatic heterocycles. The van der Waals surface area contributed by atoms with E-state index in [-0.39, 0.29) is 0 Å². The molecule has 0 radical (unpaired) electrons. The van der Waals surface area contributed by atoms with Crippen LogP contribution in [0.3, 0.4) is 0 Å². The summed E-state index contributed by atoms with van der Waals surface area (Å²) < 4.78 is 5.53. The number of nitrogens with zero attached hydrogens (tertiary/aromatic N) is 1. The largest absolute Gasteiger partial charge is 0.383 e. The quantitative estimate of drug-likeness (QED) is 0.922. The predicted octanol–water partition coefficient (Wildman–Crippen LogP) is 2.84. The summed E-state index contributed by atoms with van der Waals surface area (Å²) in [6, 6.07) is 11.2. The lowest BCUT2D eigenvalue weighted by Gasteiger charge is -2.47. The highest BCUT2D eigenvalue weighted by Gasteiger charge is 2.38. The lowest BCUT2D eigenvalue weighted by Crippen LogP contribution is -2.52. The zero-order valence-corrected chi connectivity index (χ0v) is 13.2. The van der Waals surface area contributed by atoms with Crippen LogP contribution in [0.1, 0.15) is 37.3 Å². The molecule has 2 aliphatic heterocycles. The van der Waals surface area contributed by atoms with Crippen LogP contribution in [0.25, 0.3) is 0 Å². The second kappa shape index (κ2) is 6.91. The smallest absolute Gasteiger partial charge is 0.0659 e. The van der Waals surface area contributed by atoms with Crippen molar-refractivity contribution in [2.24, 2.45) is 5.41 Å². The average Bonchev–Trinajstić information content (AvgIpc) is 2.54. The summed E-state index contributed by atoms with van der Waals surface area (Å²) >= 11 is 0. The van der Waals surface area contributed by atoms with Crippen LogP contribution in [0.15, 0.2) is 30.3 Å². The summed E-state index contributed by atoms with van der Waals surface area (Å²) in [5.74, 6) is 0. The third-order valence-electron chi connectivity index (χ3n) is 5.20. The highest BCUT2D eigenvalue weighted by Crippen LogP contribution is 2.38. The maximum atomic E-state index is 5.53. The van der Waals surface area contributed by atoms with Crippen molar-refractivity contribution in [2.75, 3.05) is 39.9 Å². The third-order valence-corrected chi connectivity index (χ3v) is 5.20. The average molecular weight is 288 g/mol. The van der Waals surface area contributed by atoms with Gasteiger partial charge < -0.3 is 10.1 Å². The first-order valence-corrected chi connectivity index (χ1v) is 8.32. The molecule has 0 amide bonds. The molecule has 0 bridgehead atoms. The van der Waals surface area contributed by atoms with Crippen molar-refractivity contribution < 1.29 is 4.74 Å². The van der Waals surface area contributed by atoms with E-state index in [1.807, 2.05) is 7.11 Å². The van der Waals surface area contributed by atoms with Crippen molar-refractivity contribution in [1.29, 1.82) is 0 Å². The van der Waals surface area contributed by atoms with Crippen LogP contribution < -0.4 is 5.32 Å². The molecule has 2 aliphatic rings. The van der Waals surface area contributed by atoms with E-state index in [0.717, 1.165) is 6.61 Å². The Morgan fingerprint density at radius 3 is 2.76 bits per heavy atom. The second-order valence-corrected chi connectivity index (χ2v) is 6.74. The SMILES string of the molecule is COCC(c1ccccc1)N1CCCC2(CCCNC2)C1. The van der Waals surface area contributed by atoms with Crippen molar-refractivity contribution in [3.63, 3.8) is 0 Å². The Bertz CT molecular complexity index is 423. The normalized spacial score (nSPS) is 28.6. The van der Waals surface area contributed by atoms with E-state index >= 15 is 0 Å². The van der Waals surface area contributed by atoms with Gasteiger partial charge in [0.25, 0.3) is 0 Å². The number of rotatable bonds is 4. The van der Waals surface area contributed by atoms with Crippen LogP contribution in [0.5, 0.6) is 0 Å². The molecule has 1 aromatic rings. The van der Waals surface area contributed by atoms with Gasteiger partial charge in [-0.15, -0.1) is 0 Å². The van der Waals surface area contributed by atoms with Gasteiger partial charge in [0.05, 0.1) is 12.6 Å². The van der Waals surface area contributed by atoms with Gasteiger partial charge in [0.2, 0.25) is 0 Å². The lowest BCUT2D eigenvalue weighted by molar-refractivity contribution is 0.00967. The van der Waals surface area contributed by atoms with E-state index in [2.05, 4.69) is 40.5 Å². The number of hydrogen-bond donors (Lipinski definition) is 1. The van der Waals surface area contributed by atoms with Gasteiger partial charge in [-0.25, -0.2) is 0 Å². The van der Waals surface area contributed by atoms with Gasteiger partial charge in [0.1, 0.15) is 0 Å². The molecule has 1 aromatic carbocycles. The number of methoxy groups -OCH3 is 1. The van der Waals surface area contributed by atoms with Crippen LogP contribution in [-0.2, 0) is 4.74 Å². The van der Waals surface area contributed by atoms with Gasteiger partial charge in [-0.05, 0) is 49.8 Å². The zero-order chi connectivity index (χ0) is 14.5. The number of ether oxygens (including phenoxy) is 1. The Balaban J connectivity index is 1.76. The monoisotopic (exact) mass is 288 g/mol. The molecule has 3 nitrogen and oxygen atoms in total. The van der Waals surface area contributed by atoms with Crippen molar-refractivity contribution in [3.05, 3.63) is 35.9 Å². The van der Waals surface area contributed by atoms with Gasteiger partial charge in [-0.2, -0.15) is 0 Å². The molecule has 1 spiro atoms. The van der Waals surface area contributed by atoms with Crippen LogP contribution in [0.2, 0.25) is 0 Å². The zero-order valence-electron chi connectivity index (χ0n) is 13.2. The standard InChI is InChI=1S/C18H28N2O/c1-21-13-17(16-7-3-2-4-8-16)20-12-6-10-18(15-20)9-5-11-19-14-18/h2-4,7-8,17,19H,5-6,9-15H2,1H3. The first-order valence-electron chi connectivity index (χ1n) is 8.32. The van der Waals surface area contributed by atoms with E-state index in [1.165, 1.54) is 57.4 Å². The fraction of sp³-hybridized carbons (Fsp3) is 0.667. The first-order chi connectivity index (χ1) is 10.3. The topological polar surface area (TPSA) is 24.5 Å². The minimum absolute atomic E-state index is 0.398. The molecule has 0 saturated carbocycles. The van der Waals surface area contributed by atoms with E-state index < -0.39 is 0 Å². The molecule has 21 heavy (non-hydrogen) atoms. The molecule has 2 unspecified atom stereocenters. The number of likely N-dealkylation sites (tertiary alicyclic amines) is 1. The summed E-state index contributed by atoms with van der Waals surface area (Å²) in [5.41, 5.74) is 1.89. The van der Waals surface area contributed by atoms with Crippen molar-refractivity contribution in [3.8, 4) is 0 Å². The van der Waals surface area contributed by atoms with Crippen molar-refractivity contribution in [1.82, 2.24) is 10.2 Å². The van der Waals surface area contributed by atoms with Gasteiger partial charge >= 0.3 is 0 Å². The number of benzene rings is 1. The Morgan fingerprint density at radius 1 is 1.24 bits per heavy atom. The van der Waals surface area contributed by atoms with E-state index in [0.29, 0.717) is 11.5 Å². The summed E-state index contributed by atoms with van der Waals surface area (Å²) in [4.78, 5) is 2.66. The highest BCUT2D eigenvalue weighted by molar-refractivity contribution is 5.19. The molecule has 3 rings (SSSR count). The highest BCUT2D eigenvalue weighted by atomic mass is 16.5. The number of piperidine rings is 2. The van der Waals surface area contributed by atoms with E-state index in [1.54, 1.807) is 0 Å². The van der Waals surface area contributed by atoms with Crippen molar-refractivity contribution in [2.45, 2.75) is 31.7 Å². The molecule has 2 saturated heterocycles. The molecule has 116 valence electrons. The third kappa shape index (κ3) is 3.47. The van der Waals surface area contributed by atoms with E-state index in [4.69, 9.17) is 4.74 Å². The number of hydrogen-bond acceptors (Lipinski definition) is 3. The Hall–Kier alpha value is -0.900. The maximum absolute atomic E-state index is 5.53. The predicted molar refractivity (Wildman–Crippen MR) is 86.4 cm³/mol. The summed E-state index contributed by atoms with van der Waals surface area (Å²) in [6.45, 7) is 5.58. The van der Waals surface area contributed by atoms with Crippen LogP contribution >= 0.6 is 0 Å². The van der Waals surface area contributed by atoms with Crippen LogP contribution in [0, 0.1) is 5.41 Å². The summed E-state index contributed by atoms with van der Waals surface area (Å²) in [6.07, 6.45) is 5.40. The van der Waals surface area contributed by atoms with Crippen molar-refractivity contribution >= 4 is 0 Å².